The first-order valence-corrected chi connectivity index (χ1v) is 7.57. The number of rotatable bonds is 3. The monoisotopic (exact) mass is 299 g/mol. The maximum atomic E-state index is 12.3. The van der Waals surface area contributed by atoms with E-state index in [1.165, 1.54) is 4.31 Å². The van der Waals surface area contributed by atoms with Crippen LogP contribution in [0.5, 0.6) is 0 Å². The van der Waals surface area contributed by atoms with E-state index in [1.54, 1.807) is 4.31 Å². The minimum absolute atomic E-state index is 0. The topological polar surface area (TPSA) is 75.9 Å². The van der Waals surface area contributed by atoms with Crippen LogP contribution < -0.4 is 5.73 Å². The maximum Gasteiger partial charge on any atom is 0.282 e. The van der Waals surface area contributed by atoms with Gasteiger partial charge in [-0.05, 0) is 25.3 Å². The summed E-state index contributed by atoms with van der Waals surface area (Å²) in [5, 5.41) is 0. The Balaban J connectivity index is 0.00000162. The Kier molecular flexibility index (Phi) is 6.29. The molecule has 0 bridgehead atoms. The molecule has 0 aromatic carbocycles. The molecule has 2 heterocycles. The number of ether oxygens (including phenoxy) is 1. The quantitative estimate of drug-likeness (QED) is 0.773. The molecular formula is C10H22ClN3O3S. The summed E-state index contributed by atoms with van der Waals surface area (Å²) in [6.45, 7) is 3.80. The van der Waals surface area contributed by atoms with Gasteiger partial charge in [-0.1, -0.05) is 0 Å². The van der Waals surface area contributed by atoms with Gasteiger partial charge in [-0.3, -0.25) is 0 Å². The lowest BCUT2D eigenvalue weighted by Gasteiger charge is -2.35. The molecule has 0 aromatic heterocycles. The fraction of sp³-hybridized carbons (Fsp3) is 1.00. The third-order valence-electron chi connectivity index (χ3n) is 3.53. The predicted molar refractivity (Wildman–Crippen MR) is 71.9 cm³/mol. The summed E-state index contributed by atoms with van der Waals surface area (Å²) in [6.07, 6.45) is 1.75. The molecule has 2 fully saturated rings. The van der Waals surface area contributed by atoms with E-state index < -0.39 is 10.2 Å². The molecule has 2 aliphatic heterocycles. The molecule has 0 atom stereocenters. The largest absolute Gasteiger partial charge is 0.379 e. The number of hydrogen-bond donors (Lipinski definition) is 1. The summed E-state index contributed by atoms with van der Waals surface area (Å²) in [4.78, 5) is 0. The van der Waals surface area contributed by atoms with E-state index >= 15 is 0 Å². The van der Waals surface area contributed by atoms with E-state index in [0.717, 1.165) is 12.8 Å². The van der Waals surface area contributed by atoms with Crippen LogP contribution in [-0.2, 0) is 14.9 Å². The van der Waals surface area contributed by atoms with Crippen molar-refractivity contribution in [3.63, 3.8) is 0 Å². The SMILES string of the molecule is Cl.NCC1CCN(S(=O)(=O)N2CCOCC2)CC1. The summed E-state index contributed by atoms with van der Waals surface area (Å²) >= 11 is 0. The van der Waals surface area contributed by atoms with Crippen molar-refractivity contribution in [1.82, 2.24) is 8.61 Å². The molecule has 18 heavy (non-hydrogen) atoms. The highest BCUT2D eigenvalue weighted by molar-refractivity contribution is 7.86. The molecule has 0 aliphatic carbocycles. The molecule has 2 saturated heterocycles. The predicted octanol–water partition coefficient (Wildman–Crippen LogP) is -0.344. The zero-order chi connectivity index (χ0) is 12.3. The van der Waals surface area contributed by atoms with Crippen LogP contribution in [0.2, 0.25) is 0 Å². The first-order chi connectivity index (χ1) is 8.14. The van der Waals surface area contributed by atoms with E-state index in [1.807, 2.05) is 0 Å². The first kappa shape index (κ1) is 16.1. The van der Waals surface area contributed by atoms with E-state index in [9.17, 15) is 8.42 Å². The zero-order valence-corrected chi connectivity index (χ0v) is 12.1. The van der Waals surface area contributed by atoms with E-state index in [0.29, 0.717) is 51.9 Å². The fourth-order valence-corrected chi connectivity index (χ4v) is 3.93. The number of halogens is 1. The molecule has 0 unspecified atom stereocenters. The summed E-state index contributed by atoms with van der Waals surface area (Å²) in [6, 6.07) is 0. The smallest absolute Gasteiger partial charge is 0.282 e. The number of morpholine rings is 1. The van der Waals surface area contributed by atoms with Crippen LogP contribution in [0, 0.1) is 5.92 Å². The van der Waals surface area contributed by atoms with Crippen molar-refractivity contribution in [2.75, 3.05) is 45.9 Å². The Hall–Kier alpha value is 0.0800. The molecule has 2 N–H and O–H groups in total. The molecule has 0 radical (unpaired) electrons. The molecule has 8 heteroatoms. The van der Waals surface area contributed by atoms with Gasteiger partial charge < -0.3 is 10.5 Å². The van der Waals surface area contributed by atoms with Crippen LogP contribution in [0.4, 0.5) is 0 Å². The Labute approximate surface area is 115 Å². The Morgan fingerprint density at radius 1 is 1.06 bits per heavy atom. The summed E-state index contributed by atoms with van der Waals surface area (Å²) in [5.41, 5.74) is 5.61. The molecule has 0 spiro atoms. The van der Waals surface area contributed by atoms with Gasteiger partial charge in [0.25, 0.3) is 10.2 Å². The van der Waals surface area contributed by atoms with Gasteiger partial charge in [-0.15, -0.1) is 12.4 Å². The van der Waals surface area contributed by atoms with Crippen LogP contribution >= 0.6 is 12.4 Å². The third-order valence-corrected chi connectivity index (χ3v) is 5.56. The minimum atomic E-state index is -3.27. The number of nitrogens with two attached hydrogens (primary N) is 1. The molecule has 0 amide bonds. The van der Waals surface area contributed by atoms with E-state index in [-0.39, 0.29) is 12.4 Å². The van der Waals surface area contributed by atoms with Crippen LogP contribution in [0.25, 0.3) is 0 Å². The van der Waals surface area contributed by atoms with Gasteiger partial charge in [0.2, 0.25) is 0 Å². The van der Waals surface area contributed by atoms with Gasteiger partial charge in [0.05, 0.1) is 13.2 Å². The molecular weight excluding hydrogens is 278 g/mol. The average molecular weight is 300 g/mol. The molecule has 6 nitrogen and oxygen atoms in total. The second-order valence-corrected chi connectivity index (χ2v) is 6.53. The van der Waals surface area contributed by atoms with Crippen molar-refractivity contribution < 1.29 is 13.2 Å². The van der Waals surface area contributed by atoms with Crippen molar-refractivity contribution in [3.8, 4) is 0 Å². The van der Waals surface area contributed by atoms with Gasteiger partial charge >= 0.3 is 0 Å². The highest BCUT2D eigenvalue weighted by atomic mass is 35.5. The Bertz CT molecular complexity index is 338. The minimum Gasteiger partial charge on any atom is -0.379 e. The van der Waals surface area contributed by atoms with Crippen molar-refractivity contribution in [2.24, 2.45) is 11.7 Å². The normalized spacial score (nSPS) is 24.7. The molecule has 2 aliphatic rings. The van der Waals surface area contributed by atoms with Crippen molar-refractivity contribution >= 4 is 22.6 Å². The fourth-order valence-electron chi connectivity index (χ4n) is 2.32. The summed E-state index contributed by atoms with van der Waals surface area (Å²) in [7, 11) is -3.27. The van der Waals surface area contributed by atoms with Gasteiger partial charge in [-0.25, -0.2) is 0 Å². The standard InChI is InChI=1S/C10H21N3O3S.ClH/c11-9-10-1-3-12(4-2-10)17(14,15)13-5-7-16-8-6-13;/h10H,1-9,11H2;1H. The summed E-state index contributed by atoms with van der Waals surface area (Å²) < 4.78 is 32.9. The van der Waals surface area contributed by atoms with Crippen molar-refractivity contribution in [3.05, 3.63) is 0 Å². The van der Waals surface area contributed by atoms with Crippen LogP contribution in [-0.4, -0.2) is 63.0 Å². The second-order valence-electron chi connectivity index (χ2n) is 4.60. The number of piperidine rings is 1. The van der Waals surface area contributed by atoms with Gasteiger partial charge in [0.15, 0.2) is 0 Å². The van der Waals surface area contributed by atoms with Gasteiger partial charge in [0, 0.05) is 26.2 Å². The Morgan fingerprint density at radius 2 is 1.56 bits per heavy atom. The first-order valence-electron chi connectivity index (χ1n) is 6.17. The van der Waals surface area contributed by atoms with Crippen LogP contribution in [0.3, 0.4) is 0 Å². The number of nitrogens with zero attached hydrogens (tertiary/aromatic N) is 2. The van der Waals surface area contributed by atoms with Crippen molar-refractivity contribution in [1.29, 1.82) is 0 Å². The molecule has 108 valence electrons. The highest BCUT2D eigenvalue weighted by Gasteiger charge is 2.33. The maximum absolute atomic E-state index is 12.3. The summed E-state index contributed by atoms with van der Waals surface area (Å²) in [5.74, 6) is 0.478. The molecule has 2 rings (SSSR count). The van der Waals surface area contributed by atoms with Crippen LogP contribution in [0.15, 0.2) is 0 Å². The lowest BCUT2D eigenvalue weighted by atomic mass is 9.99. The third kappa shape index (κ3) is 3.55. The van der Waals surface area contributed by atoms with E-state index in [2.05, 4.69) is 0 Å². The van der Waals surface area contributed by atoms with E-state index in [4.69, 9.17) is 10.5 Å². The molecule has 0 aromatic rings. The van der Waals surface area contributed by atoms with Gasteiger partial charge in [-0.2, -0.15) is 17.0 Å². The lowest BCUT2D eigenvalue weighted by Crippen LogP contribution is -2.51. The lowest BCUT2D eigenvalue weighted by molar-refractivity contribution is 0.0693. The Morgan fingerprint density at radius 3 is 2.06 bits per heavy atom. The highest BCUT2D eigenvalue weighted by Crippen LogP contribution is 2.20. The zero-order valence-electron chi connectivity index (χ0n) is 10.5. The second kappa shape index (κ2) is 7.02. The van der Waals surface area contributed by atoms with Crippen LogP contribution in [0.1, 0.15) is 12.8 Å². The van der Waals surface area contributed by atoms with Gasteiger partial charge in [0.1, 0.15) is 0 Å². The van der Waals surface area contributed by atoms with Crippen molar-refractivity contribution in [2.45, 2.75) is 12.8 Å². The average Bonchev–Trinajstić information content (AvgIpc) is 2.40. The number of hydrogen-bond acceptors (Lipinski definition) is 4. The molecule has 0 saturated carbocycles.